The van der Waals surface area contributed by atoms with Crippen LogP contribution >= 0.6 is 11.3 Å². The summed E-state index contributed by atoms with van der Waals surface area (Å²) in [6.45, 7) is 2.13. The minimum atomic E-state index is -0.287. The van der Waals surface area contributed by atoms with Gasteiger partial charge in [0.25, 0.3) is 5.91 Å². The highest BCUT2D eigenvalue weighted by Gasteiger charge is 2.43. The maximum atomic E-state index is 13.0. The maximum absolute atomic E-state index is 13.0. The van der Waals surface area contributed by atoms with Crippen LogP contribution in [0.5, 0.6) is 0 Å². The molecule has 1 saturated heterocycles. The third kappa shape index (κ3) is 3.72. The third-order valence-corrected chi connectivity index (χ3v) is 7.66. The first-order valence-electron chi connectivity index (χ1n) is 10.7. The molecule has 0 bridgehead atoms. The number of amides is 1. The zero-order valence-corrected chi connectivity index (χ0v) is 18.7. The van der Waals surface area contributed by atoms with E-state index in [-0.39, 0.29) is 11.5 Å². The van der Waals surface area contributed by atoms with Crippen LogP contribution in [0.3, 0.4) is 0 Å². The zero-order valence-electron chi connectivity index (χ0n) is 17.9. The molecule has 0 atom stereocenters. The van der Waals surface area contributed by atoms with Crippen LogP contribution in [0.15, 0.2) is 48.9 Å². The minimum absolute atomic E-state index is 0.0996. The van der Waals surface area contributed by atoms with Gasteiger partial charge in [-0.3, -0.25) is 14.8 Å². The monoisotopic (exact) mass is 434 g/mol. The molecule has 7 heteroatoms. The number of hydrogen-bond acceptors (Lipinski definition) is 6. The van der Waals surface area contributed by atoms with Gasteiger partial charge in [-0.25, -0.2) is 0 Å². The molecule has 31 heavy (non-hydrogen) atoms. The van der Waals surface area contributed by atoms with E-state index in [0.29, 0.717) is 13.1 Å². The number of carbonyl (C=O) groups excluding carboxylic acids is 1. The number of rotatable bonds is 3. The molecule has 5 rings (SSSR count). The van der Waals surface area contributed by atoms with Crippen LogP contribution in [0.2, 0.25) is 0 Å². The summed E-state index contributed by atoms with van der Waals surface area (Å²) in [4.78, 5) is 28.2. The SMILES string of the molecule is CN(C)c1ccc(C(=O)N2CCC3(CC2)OCCc2cc(-c4cnccn4)sc23)cc1. The number of thiophene rings is 1. The van der Waals surface area contributed by atoms with E-state index in [2.05, 4.69) is 16.0 Å². The van der Waals surface area contributed by atoms with E-state index in [0.717, 1.165) is 47.7 Å². The van der Waals surface area contributed by atoms with Crippen LogP contribution in [0.1, 0.15) is 33.6 Å². The van der Waals surface area contributed by atoms with Gasteiger partial charge in [-0.1, -0.05) is 0 Å². The van der Waals surface area contributed by atoms with Crippen LogP contribution in [-0.2, 0) is 16.8 Å². The predicted molar refractivity (Wildman–Crippen MR) is 123 cm³/mol. The van der Waals surface area contributed by atoms with E-state index in [1.165, 1.54) is 10.4 Å². The smallest absolute Gasteiger partial charge is 0.253 e. The molecule has 1 aromatic carbocycles. The summed E-state index contributed by atoms with van der Waals surface area (Å²) < 4.78 is 6.39. The first kappa shape index (κ1) is 20.2. The van der Waals surface area contributed by atoms with E-state index in [9.17, 15) is 4.79 Å². The van der Waals surface area contributed by atoms with E-state index >= 15 is 0 Å². The molecule has 1 spiro atoms. The van der Waals surface area contributed by atoms with Crippen molar-refractivity contribution in [2.75, 3.05) is 38.7 Å². The average molecular weight is 435 g/mol. The van der Waals surface area contributed by atoms with Gasteiger partial charge in [0.05, 0.1) is 23.4 Å². The van der Waals surface area contributed by atoms with Gasteiger partial charge in [-0.05, 0) is 55.2 Å². The van der Waals surface area contributed by atoms with Crippen molar-refractivity contribution < 1.29 is 9.53 Å². The van der Waals surface area contributed by atoms with Crippen molar-refractivity contribution in [1.82, 2.24) is 14.9 Å². The fraction of sp³-hybridized carbons (Fsp3) is 0.375. The van der Waals surface area contributed by atoms with Crippen LogP contribution in [-0.4, -0.2) is 54.6 Å². The van der Waals surface area contributed by atoms with E-state index in [4.69, 9.17) is 4.74 Å². The standard InChI is InChI=1S/C24H26N4O2S/c1-27(2)19-5-3-17(4-6-19)23(29)28-12-8-24(9-13-28)22-18(7-14-30-24)15-21(31-22)20-16-25-10-11-26-20/h3-6,10-11,15-16H,7-9,12-14H2,1-2H3. The summed E-state index contributed by atoms with van der Waals surface area (Å²) in [5.41, 5.74) is 3.81. The second-order valence-corrected chi connectivity index (χ2v) is 9.43. The first-order chi connectivity index (χ1) is 15.1. The van der Waals surface area contributed by atoms with Crippen molar-refractivity contribution in [1.29, 1.82) is 0 Å². The molecule has 2 aromatic heterocycles. The third-order valence-electron chi connectivity index (χ3n) is 6.28. The molecule has 3 aromatic rings. The number of aromatic nitrogens is 2. The van der Waals surface area contributed by atoms with Crippen molar-refractivity contribution in [2.24, 2.45) is 0 Å². The number of fused-ring (bicyclic) bond motifs is 2. The van der Waals surface area contributed by atoms with Gasteiger partial charge in [-0.2, -0.15) is 0 Å². The highest BCUT2D eigenvalue weighted by Crippen LogP contribution is 2.47. The van der Waals surface area contributed by atoms with Gasteiger partial charge in [-0.15, -0.1) is 11.3 Å². The number of ether oxygens (including phenoxy) is 1. The summed E-state index contributed by atoms with van der Waals surface area (Å²) in [5.74, 6) is 0.0996. The van der Waals surface area contributed by atoms with E-state index < -0.39 is 0 Å². The Hall–Kier alpha value is -2.77. The largest absolute Gasteiger partial charge is 0.378 e. The lowest BCUT2D eigenvalue weighted by atomic mass is 9.85. The van der Waals surface area contributed by atoms with Gasteiger partial charge in [0.1, 0.15) is 5.60 Å². The molecule has 2 aliphatic rings. The van der Waals surface area contributed by atoms with Gasteiger partial charge in [0, 0.05) is 55.7 Å². The molecule has 0 N–H and O–H groups in total. The summed E-state index contributed by atoms with van der Waals surface area (Å²) in [7, 11) is 4.00. The Balaban J connectivity index is 1.33. The molecule has 1 amide bonds. The Labute approximate surface area is 186 Å². The molecule has 2 aliphatic heterocycles. The Morgan fingerprint density at radius 3 is 2.61 bits per heavy atom. The van der Waals surface area contributed by atoms with E-state index in [1.807, 2.05) is 54.4 Å². The molecular weight excluding hydrogens is 408 g/mol. The zero-order chi connectivity index (χ0) is 21.4. The fourth-order valence-electron chi connectivity index (χ4n) is 4.50. The topological polar surface area (TPSA) is 58.6 Å². The normalized spacial score (nSPS) is 17.4. The van der Waals surface area contributed by atoms with Crippen molar-refractivity contribution in [3.63, 3.8) is 0 Å². The maximum Gasteiger partial charge on any atom is 0.253 e. The van der Waals surface area contributed by atoms with Crippen LogP contribution in [0.25, 0.3) is 10.6 Å². The Bertz CT molecular complexity index is 1070. The number of likely N-dealkylation sites (tertiary alicyclic amines) is 1. The molecule has 4 heterocycles. The minimum Gasteiger partial charge on any atom is -0.378 e. The van der Waals surface area contributed by atoms with Crippen molar-refractivity contribution in [2.45, 2.75) is 24.9 Å². The highest BCUT2D eigenvalue weighted by atomic mass is 32.1. The molecular formula is C24H26N4O2S. The molecule has 0 aliphatic carbocycles. The second-order valence-electron chi connectivity index (χ2n) is 8.38. The number of nitrogens with zero attached hydrogens (tertiary/aromatic N) is 4. The summed E-state index contributed by atoms with van der Waals surface area (Å²) in [6.07, 6.45) is 7.81. The molecule has 0 saturated carbocycles. The number of anilines is 1. The molecule has 6 nitrogen and oxygen atoms in total. The van der Waals surface area contributed by atoms with Gasteiger partial charge < -0.3 is 14.5 Å². The number of piperidine rings is 1. The lowest BCUT2D eigenvalue weighted by Crippen LogP contribution is -2.47. The second kappa shape index (κ2) is 8.05. The van der Waals surface area contributed by atoms with Gasteiger partial charge in [0.15, 0.2) is 0 Å². The number of carbonyl (C=O) groups is 1. The highest BCUT2D eigenvalue weighted by molar-refractivity contribution is 7.15. The molecule has 0 radical (unpaired) electrons. The molecule has 160 valence electrons. The van der Waals surface area contributed by atoms with E-state index in [1.54, 1.807) is 23.7 Å². The Morgan fingerprint density at radius 2 is 1.94 bits per heavy atom. The fourth-order valence-corrected chi connectivity index (χ4v) is 5.87. The molecule has 1 fully saturated rings. The lowest BCUT2D eigenvalue weighted by molar-refractivity contribution is -0.0906. The van der Waals surface area contributed by atoms with Gasteiger partial charge in [0.2, 0.25) is 0 Å². The van der Waals surface area contributed by atoms with Crippen LogP contribution < -0.4 is 4.90 Å². The molecule has 0 unspecified atom stereocenters. The van der Waals surface area contributed by atoms with Crippen LogP contribution in [0, 0.1) is 0 Å². The first-order valence-corrected chi connectivity index (χ1v) is 11.5. The Kier molecular flexibility index (Phi) is 5.24. The average Bonchev–Trinajstić information content (AvgIpc) is 3.26. The van der Waals surface area contributed by atoms with Crippen LogP contribution in [0.4, 0.5) is 5.69 Å². The Morgan fingerprint density at radius 1 is 1.16 bits per heavy atom. The van der Waals surface area contributed by atoms with Crippen molar-refractivity contribution >= 4 is 22.9 Å². The summed E-state index contributed by atoms with van der Waals surface area (Å²) in [5, 5.41) is 0. The quantitative estimate of drug-likeness (QED) is 0.624. The van der Waals surface area contributed by atoms with Crippen molar-refractivity contribution in [3.8, 4) is 10.6 Å². The summed E-state index contributed by atoms with van der Waals surface area (Å²) >= 11 is 1.77. The van der Waals surface area contributed by atoms with Gasteiger partial charge >= 0.3 is 0 Å². The summed E-state index contributed by atoms with van der Waals surface area (Å²) in [6, 6.07) is 10.1. The lowest BCUT2D eigenvalue weighted by Gasteiger charge is -2.43. The number of benzene rings is 1. The van der Waals surface area contributed by atoms with Crippen molar-refractivity contribution in [3.05, 3.63) is 64.9 Å². The number of hydrogen-bond donors (Lipinski definition) is 0. The predicted octanol–water partition coefficient (Wildman–Crippen LogP) is 3.98.